The van der Waals surface area contributed by atoms with Gasteiger partial charge in [-0.15, -0.1) is 0 Å². The monoisotopic (exact) mass is 333 g/mol. The maximum Gasteiger partial charge on any atom is 0.242 e. The Balaban J connectivity index is 2.77. The Hall–Kier alpha value is -0.500. The number of thioether (sulfide) groups is 1. The maximum absolute atomic E-state index is 12.3. The summed E-state index contributed by atoms with van der Waals surface area (Å²) in [7, 11) is -3.40. The standard InChI is InChI=1S/C14H27N3O2S2/c1-5-17-11-14(9-13(17)10-15-12(2)3)21(18,19)16-7-6-8-20-4/h9,11-12,15-16H,5-8,10H2,1-4H3. The zero-order valence-electron chi connectivity index (χ0n) is 13.3. The number of sulfonamides is 1. The highest BCUT2D eigenvalue weighted by Gasteiger charge is 2.17. The molecule has 0 amide bonds. The van der Waals surface area contributed by atoms with Crippen molar-refractivity contribution < 1.29 is 8.42 Å². The predicted octanol–water partition coefficient (Wildman–Crippen LogP) is 2.04. The average molecular weight is 334 g/mol. The van der Waals surface area contributed by atoms with Crippen LogP contribution >= 0.6 is 11.8 Å². The summed E-state index contributed by atoms with van der Waals surface area (Å²) in [6.45, 7) is 8.08. The number of aryl methyl sites for hydroxylation is 1. The van der Waals surface area contributed by atoms with Gasteiger partial charge in [-0.25, -0.2) is 13.1 Å². The minimum Gasteiger partial charge on any atom is -0.349 e. The largest absolute Gasteiger partial charge is 0.349 e. The van der Waals surface area contributed by atoms with Crippen LogP contribution in [0.3, 0.4) is 0 Å². The lowest BCUT2D eigenvalue weighted by Gasteiger charge is -2.09. The van der Waals surface area contributed by atoms with Crippen molar-refractivity contribution >= 4 is 21.8 Å². The second-order valence-corrected chi connectivity index (χ2v) is 7.99. The van der Waals surface area contributed by atoms with Crippen molar-refractivity contribution in [2.75, 3.05) is 18.6 Å². The topological polar surface area (TPSA) is 63.1 Å². The zero-order valence-corrected chi connectivity index (χ0v) is 15.0. The third-order valence-corrected chi connectivity index (χ3v) is 5.25. The third-order valence-electron chi connectivity index (χ3n) is 3.12. The van der Waals surface area contributed by atoms with E-state index >= 15 is 0 Å². The van der Waals surface area contributed by atoms with Crippen LogP contribution in [0, 0.1) is 0 Å². The van der Waals surface area contributed by atoms with Gasteiger partial charge in [0, 0.05) is 37.6 Å². The molecule has 5 nitrogen and oxygen atoms in total. The summed E-state index contributed by atoms with van der Waals surface area (Å²) in [6.07, 6.45) is 4.58. The van der Waals surface area contributed by atoms with Crippen molar-refractivity contribution in [2.45, 2.75) is 51.2 Å². The SMILES string of the molecule is CCn1cc(S(=O)(=O)NCCCSC)cc1CNC(C)C. The molecule has 122 valence electrons. The van der Waals surface area contributed by atoms with Gasteiger partial charge in [-0.2, -0.15) is 11.8 Å². The van der Waals surface area contributed by atoms with Gasteiger partial charge < -0.3 is 9.88 Å². The lowest BCUT2D eigenvalue weighted by Crippen LogP contribution is -2.25. The second kappa shape index (κ2) is 8.82. The lowest BCUT2D eigenvalue weighted by molar-refractivity contribution is 0.561. The predicted molar refractivity (Wildman–Crippen MR) is 90.3 cm³/mol. The van der Waals surface area contributed by atoms with E-state index in [2.05, 4.69) is 23.9 Å². The van der Waals surface area contributed by atoms with E-state index in [-0.39, 0.29) is 0 Å². The molecule has 7 heteroatoms. The summed E-state index contributed by atoms with van der Waals surface area (Å²) in [5, 5.41) is 3.32. The summed E-state index contributed by atoms with van der Waals surface area (Å²) in [5.74, 6) is 0.960. The van der Waals surface area contributed by atoms with Crippen LogP contribution in [-0.2, 0) is 23.1 Å². The van der Waals surface area contributed by atoms with E-state index in [0.717, 1.165) is 24.4 Å². The first-order chi connectivity index (χ1) is 9.90. The average Bonchev–Trinajstić information content (AvgIpc) is 2.85. The molecule has 0 atom stereocenters. The molecule has 0 saturated heterocycles. The third kappa shape index (κ3) is 6.02. The molecule has 0 aliphatic carbocycles. The highest BCUT2D eigenvalue weighted by atomic mass is 32.2. The molecule has 21 heavy (non-hydrogen) atoms. The minimum atomic E-state index is -3.40. The summed E-state index contributed by atoms with van der Waals surface area (Å²) < 4.78 is 29.2. The lowest BCUT2D eigenvalue weighted by atomic mass is 10.3. The Labute approximate surface area is 132 Å². The fraction of sp³-hybridized carbons (Fsp3) is 0.714. The number of rotatable bonds is 10. The van der Waals surface area contributed by atoms with Crippen LogP contribution in [0.5, 0.6) is 0 Å². The molecule has 1 rings (SSSR count). The fourth-order valence-corrected chi connectivity index (χ4v) is 3.50. The van der Waals surface area contributed by atoms with E-state index in [1.165, 1.54) is 0 Å². The van der Waals surface area contributed by atoms with Crippen LogP contribution in [0.1, 0.15) is 32.9 Å². The van der Waals surface area contributed by atoms with Gasteiger partial charge in [-0.05, 0) is 31.4 Å². The van der Waals surface area contributed by atoms with E-state index < -0.39 is 10.0 Å². The Morgan fingerprint density at radius 1 is 1.38 bits per heavy atom. The summed E-state index contributed by atoms with van der Waals surface area (Å²) in [6, 6.07) is 2.13. The maximum atomic E-state index is 12.3. The highest BCUT2D eigenvalue weighted by Crippen LogP contribution is 2.15. The molecule has 2 N–H and O–H groups in total. The number of hydrogen-bond acceptors (Lipinski definition) is 4. The first kappa shape index (κ1) is 18.5. The summed E-state index contributed by atoms with van der Waals surface area (Å²) >= 11 is 1.72. The summed E-state index contributed by atoms with van der Waals surface area (Å²) in [5.41, 5.74) is 0.996. The molecule has 0 fully saturated rings. The van der Waals surface area contributed by atoms with Gasteiger partial charge in [-0.3, -0.25) is 0 Å². The molecular weight excluding hydrogens is 306 g/mol. The van der Waals surface area contributed by atoms with Gasteiger partial charge in [0.2, 0.25) is 10.0 Å². The second-order valence-electron chi connectivity index (χ2n) is 5.23. The van der Waals surface area contributed by atoms with E-state index in [9.17, 15) is 8.42 Å². The Kier molecular flexibility index (Phi) is 7.79. The van der Waals surface area contributed by atoms with Crippen molar-refractivity contribution in [3.63, 3.8) is 0 Å². The Morgan fingerprint density at radius 3 is 2.67 bits per heavy atom. The highest BCUT2D eigenvalue weighted by molar-refractivity contribution is 7.98. The number of aromatic nitrogens is 1. The van der Waals surface area contributed by atoms with Crippen LogP contribution in [0.2, 0.25) is 0 Å². The van der Waals surface area contributed by atoms with E-state index in [4.69, 9.17) is 0 Å². The van der Waals surface area contributed by atoms with Gasteiger partial charge >= 0.3 is 0 Å². The van der Waals surface area contributed by atoms with Crippen molar-refractivity contribution in [3.05, 3.63) is 18.0 Å². The van der Waals surface area contributed by atoms with Crippen molar-refractivity contribution in [2.24, 2.45) is 0 Å². The summed E-state index contributed by atoms with van der Waals surface area (Å²) in [4.78, 5) is 0.356. The van der Waals surface area contributed by atoms with Crippen molar-refractivity contribution in [3.8, 4) is 0 Å². The molecule has 0 radical (unpaired) electrons. The zero-order chi connectivity index (χ0) is 15.9. The first-order valence-corrected chi connectivity index (χ1v) is 10.2. The van der Waals surface area contributed by atoms with Crippen LogP contribution in [-0.4, -0.2) is 37.6 Å². The van der Waals surface area contributed by atoms with Gasteiger partial charge in [0.1, 0.15) is 0 Å². The molecule has 0 saturated carbocycles. The molecule has 0 spiro atoms. The molecule has 0 aliphatic rings. The molecule has 1 aromatic rings. The number of nitrogens with one attached hydrogen (secondary N) is 2. The molecule has 0 aliphatic heterocycles. The normalized spacial score (nSPS) is 12.2. The number of nitrogens with zero attached hydrogens (tertiary/aromatic N) is 1. The van der Waals surface area contributed by atoms with Crippen molar-refractivity contribution in [1.29, 1.82) is 0 Å². The smallest absolute Gasteiger partial charge is 0.242 e. The molecule has 0 aromatic carbocycles. The molecule has 0 bridgehead atoms. The van der Waals surface area contributed by atoms with Gasteiger partial charge in [-0.1, -0.05) is 13.8 Å². The molecule has 1 aromatic heterocycles. The number of hydrogen-bond donors (Lipinski definition) is 2. The van der Waals surface area contributed by atoms with E-state index in [1.54, 1.807) is 24.0 Å². The van der Waals surface area contributed by atoms with Crippen LogP contribution in [0.25, 0.3) is 0 Å². The van der Waals surface area contributed by atoms with Gasteiger partial charge in [0.15, 0.2) is 0 Å². The first-order valence-electron chi connectivity index (χ1n) is 7.31. The molecular formula is C14H27N3O2S2. The van der Waals surface area contributed by atoms with Crippen LogP contribution < -0.4 is 10.0 Å². The molecule has 1 heterocycles. The molecule has 0 unspecified atom stereocenters. The fourth-order valence-electron chi connectivity index (χ4n) is 1.93. The van der Waals surface area contributed by atoms with Gasteiger partial charge in [0.05, 0.1) is 4.90 Å². The van der Waals surface area contributed by atoms with Crippen LogP contribution in [0.15, 0.2) is 17.2 Å². The minimum absolute atomic E-state index is 0.356. The van der Waals surface area contributed by atoms with Gasteiger partial charge in [0.25, 0.3) is 0 Å². The van der Waals surface area contributed by atoms with Crippen LogP contribution in [0.4, 0.5) is 0 Å². The Bertz CT molecular complexity index is 524. The van der Waals surface area contributed by atoms with Crippen molar-refractivity contribution in [1.82, 2.24) is 14.6 Å². The van der Waals surface area contributed by atoms with E-state index in [1.807, 2.05) is 17.7 Å². The quantitative estimate of drug-likeness (QED) is 0.643. The van der Waals surface area contributed by atoms with E-state index in [0.29, 0.717) is 24.0 Å². The Morgan fingerprint density at radius 2 is 2.10 bits per heavy atom.